The molecule has 6 heteroatoms. The van der Waals surface area contributed by atoms with Crippen LogP contribution in [0.5, 0.6) is 0 Å². The van der Waals surface area contributed by atoms with E-state index in [0.29, 0.717) is 30.5 Å². The van der Waals surface area contributed by atoms with Gasteiger partial charge < -0.3 is 15.1 Å². The topological polar surface area (TPSA) is 86.2 Å². The summed E-state index contributed by atoms with van der Waals surface area (Å²) in [7, 11) is 1.72. The summed E-state index contributed by atoms with van der Waals surface area (Å²) in [6, 6.07) is 17.6. The highest BCUT2D eigenvalue weighted by Gasteiger charge is 2.07. The highest BCUT2D eigenvalue weighted by atomic mass is 16.3. The summed E-state index contributed by atoms with van der Waals surface area (Å²) in [5, 5.41) is 15.3. The molecule has 0 fully saturated rings. The molecule has 0 aliphatic heterocycles. The van der Waals surface area contributed by atoms with Crippen molar-refractivity contribution in [3.8, 4) is 17.5 Å². The third-order valence-electron chi connectivity index (χ3n) is 4.05. The summed E-state index contributed by atoms with van der Waals surface area (Å²) in [5.41, 5.74) is 4.67. The normalized spacial score (nSPS) is 11.1. The number of nitrogens with one attached hydrogen (secondary N) is 2. The summed E-state index contributed by atoms with van der Waals surface area (Å²) in [5.74, 6) is 1.27. The van der Waals surface area contributed by atoms with Crippen molar-refractivity contribution in [3.05, 3.63) is 77.2 Å². The van der Waals surface area contributed by atoms with Crippen LogP contribution in [0.25, 0.3) is 11.5 Å². The van der Waals surface area contributed by atoms with Gasteiger partial charge in [0.15, 0.2) is 5.96 Å². The predicted octanol–water partition coefficient (Wildman–Crippen LogP) is 3.39. The molecule has 3 rings (SSSR count). The SMILES string of the molecule is CN=C(NCc1ccc(C#N)cc1)NCc1coc(-c2ccc(C)cc2)n1. The van der Waals surface area contributed by atoms with Crippen molar-refractivity contribution in [2.75, 3.05) is 7.05 Å². The smallest absolute Gasteiger partial charge is 0.226 e. The molecule has 136 valence electrons. The van der Waals surface area contributed by atoms with E-state index in [2.05, 4.69) is 26.7 Å². The number of aliphatic imine (C=N–C) groups is 1. The number of benzene rings is 2. The molecule has 0 atom stereocenters. The number of hydrogen-bond donors (Lipinski definition) is 2. The van der Waals surface area contributed by atoms with E-state index in [1.54, 1.807) is 25.4 Å². The maximum absolute atomic E-state index is 8.84. The first-order valence-corrected chi connectivity index (χ1v) is 8.63. The lowest BCUT2D eigenvalue weighted by molar-refractivity contribution is 0.572. The lowest BCUT2D eigenvalue weighted by Crippen LogP contribution is -2.36. The molecule has 1 aromatic heterocycles. The fourth-order valence-corrected chi connectivity index (χ4v) is 2.49. The van der Waals surface area contributed by atoms with E-state index in [1.807, 2.05) is 43.3 Å². The van der Waals surface area contributed by atoms with Crippen LogP contribution < -0.4 is 10.6 Å². The van der Waals surface area contributed by atoms with E-state index in [4.69, 9.17) is 9.68 Å². The van der Waals surface area contributed by atoms with Crippen LogP contribution in [-0.2, 0) is 13.1 Å². The Bertz CT molecular complexity index is 949. The van der Waals surface area contributed by atoms with Crippen LogP contribution in [0.1, 0.15) is 22.4 Å². The number of nitriles is 1. The quantitative estimate of drug-likeness (QED) is 0.539. The Morgan fingerprint density at radius 1 is 1.07 bits per heavy atom. The second-order valence-corrected chi connectivity index (χ2v) is 6.10. The molecule has 0 bridgehead atoms. The molecule has 0 unspecified atom stereocenters. The highest BCUT2D eigenvalue weighted by molar-refractivity contribution is 5.79. The average Bonchev–Trinajstić information content (AvgIpc) is 3.18. The molecule has 0 saturated carbocycles. The van der Waals surface area contributed by atoms with E-state index in [0.717, 1.165) is 16.8 Å². The monoisotopic (exact) mass is 359 g/mol. The molecule has 0 radical (unpaired) electrons. The number of nitrogens with zero attached hydrogens (tertiary/aromatic N) is 3. The minimum atomic E-state index is 0.502. The third kappa shape index (κ3) is 4.95. The molecule has 27 heavy (non-hydrogen) atoms. The molecule has 0 aliphatic carbocycles. The molecule has 0 amide bonds. The van der Waals surface area contributed by atoms with E-state index >= 15 is 0 Å². The molecule has 0 saturated heterocycles. The number of guanidine groups is 1. The molecule has 0 spiro atoms. The lowest BCUT2D eigenvalue weighted by atomic mass is 10.1. The van der Waals surface area contributed by atoms with Crippen molar-refractivity contribution in [3.63, 3.8) is 0 Å². The van der Waals surface area contributed by atoms with Crippen molar-refractivity contribution < 1.29 is 4.42 Å². The zero-order valence-corrected chi connectivity index (χ0v) is 15.4. The van der Waals surface area contributed by atoms with Crippen molar-refractivity contribution in [2.24, 2.45) is 4.99 Å². The largest absolute Gasteiger partial charge is 0.444 e. The molecule has 0 aliphatic rings. The van der Waals surface area contributed by atoms with Crippen LogP contribution >= 0.6 is 0 Å². The van der Waals surface area contributed by atoms with Gasteiger partial charge in [-0.1, -0.05) is 29.8 Å². The van der Waals surface area contributed by atoms with Gasteiger partial charge in [0, 0.05) is 19.2 Å². The second-order valence-electron chi connectivity index (χ2n) is 6.10. The van der Waals surface area contributed by atoms with Gasteiger partial charge in [0.25, 0.3) is 0 Å². The standard InChI is InChI=1S/C21H21N5O/c1-15-3-9-18(10-4-15)20-26-19(14-27-20)13-25-21(23-2)24-12-17-7-5-16(11-22)6-8-17/h3-10,14H,12-13H2,1-2H3,(H2,23,24,25). The van der Waals surface area contributed by atoms with Crippen LogP contribution in [-0.4, -0.2) is 18.0 Å². The molecule has 2 N–H and O–H groups in total. The number of hydrogen-bond acceptors (Lipinski definition) is 4. The Morgan fingerprint density at radius 3 is 2.44 bits per heavy atom. The predicted molar refractivity (Wildman–Crippen MR) is 105 cm³/mol. The molecular weight excluding hydrogens is 338 g/mol. The van der Waals surface area contributed by atoms with E-state index in [9.17, 15) is 0 Å². The Balaban J connectivity index is 1.53. The number of aryl methyl sites for hydroxylation is 1. The van der Waals surface area contributed by atoms with Gasteiger partial charge in [0.2, 0.25) is 5.89 Å². The van der Waals surface area contributed by atoms with Crippen molar-refractivity contribution >= 4 is 5.96 Å². The Labute approximate surface area is 158 Å². The highest BCUT2D eigenvalue weighted by Crippen LogP contribution is 2.18. The summed E-state index contributed by atoms with van der Waals surface area (Å²) < 4.78 is 5.57. The van der Waals surface area contributed by atoms with Gasteiger partial charge in [0.1, 0.15) is 6.26 Å². The maximum atomic E-state index is 8.84. The number of oxazole rings is 1. The van der Waals surface area contributed by atoms with Gasteiger partial charge >= 0.3 is 0 Å². The maximum Gasteiger partial charge on any atom is 0.226 e. The third-order valence-corrected chi connectivity index (χ3v) is 4.05. The molecular formula is C21H21N5O. The molecule has 6 nitrogen and oxygen atoms in total. The Morgan fingerprint density at radius 2 is 1.78 bits per heavy atom. The van der Waals surface area contributed by atoms with Crippen LogP contribution in [0.2, 0.25) is 0 Å². The van der Waals surface area contributed by atoms with Crippen LogP contribution in [0.3, 0.4) is 0 Å². The summed E-state index contributed by atoms with van der Waals surface area (Å²) in [6.07, 6.45) is 1.65. The van der Waals surface area contributed by atoms with Gasteiger partial charge in [-0.2, -0.15) is 5.26 Å². The first kappa shape index (κ1) is 18.2. The first-order chi connectivity index (χ1) is 13.2. The number of aromatic nitrogens is 1. The van der Waals surface area contributed by atoms with Crippen molar-refractivity contribution in [2.45, 2.75) is 20.0 Å². The second kappa shape index (κ2) is 8.68. The van der Waals surface area contributed by atoms with E-state index in [1.165, 1.54) is 5.56 Å². The molecule has 3 aromatic rings. The van der Waals surface area contributed by atoms with Crippen LogP contribution in [0, 0.1) is 18.3 Å². The van der Waals surface area contributed by atoms with E-state index < -0.39 is 0 Å². The minimum Gasteiger partial charge on any atom is -0.444 e. The van der Waals surface area contributed by atoms with E-state index in [-0.39, 0.29) is 0 Å². The van der Waals surface area contributed by atoms with Gasteiger partial charge in [-0.05, 0) is 36.8 Å². The van der Waals surface area contributed by atoms with Gasteiger partial charge in [-0.3, -0.25) is 4.99 Å². The van der Waals surface area contributed by atoms with Crippen LogP contribution in [0.15, 0.2) is 64.2 Å². The fraction of sp³-hybridized carbons (Fsp3) is 0.190. The van der Waals surface area contributed by atoms with Gasteiger partial charge in [-0.15, -0.1) is 0 Å². The Kier molecular flexibility index (Phi) is 5.85. The lowest BCUT2D eigenvalue weighted by Gasteiger charge is -2.10. The van der Waals surface area contributed by atoms with Crippen molar-refractivity contribution in [1.82, 2.24) is 15.6 Å². The summed E-state index contributed by atoms with van der Waals surface area (Å²) >= 11 is 0. The van der Waals surface area contributed by atoms with Gasteiger partial charge in [-0.25, -0.2) is 4.98 Å². The molecule has 1 heterocycles. The zero-order chi connectivity index (χ0) is 19.1. The Hall–Kier alpha value is -3.59. The number of rotatable bonds is 5. The first-order valence-electron chi connectivity index (χ1n) is 8.63. The van der Waals surface area contributed by atoms with Crippen LogP contribution in [0.4, 0.5) is 0 Å². The summed E-state index contributed by atoms with van der Waals surface area (Å²) in [6.45, 7) is 3.16. The average molecular weight is 359 g/mol. The minimum absolute atomic E-state index is 0.502. The fourth-order valence-electron chi connectivity index (χ4n) is 2.49. The summed E-state index contributed by atoms with van der Waals surface area (Å²) in [4.78, 5) is 8.72. The van der Waals surface area contributed by atoms with Crippen molar-refractivity contribution in [1.29, 1.82) is 5.26 Å². The zero-order valence-electron chi connectivity index (χ0n) is 15.4. The van der Waals surface area contributed by atoms with Gasteiger partial charge in [0.05, 0.1) is 23.9 Å². The molecule has 2 aromatic carbocycles.